The predicted molar refractivity (Wildman–Crippen MR) is 71.8 cm³/mol. The smallest absolute Gasteiger partial charge is 0.0778 e. The number of ether oxygens (including phenoxy) is 1. The molecule has 96 valence electrons. The molecule has 0 aliphatic heterocycles. The fourth-order valence-electron chi connectivity index (χ4n) is 1.95. The highest BCUT2D eigenvalue weighted by Crippen LogP contribution is 2.19. The van der Waals surface area contributed by atoms with Crippen molar-refractivity contribution in [1.29, 1.82) is 0 Å². The van der Waals surface area contributed by atoms with Crippen LogP contribution in [0.2, 0.25) is 0 Å². The first-order chi connectivity index (χ1) is 7.58. The summed E-state index contributed by atoms with van der Waals surface area (Å²) >= 11 is 0. The second kappa shape index (κ2) is 8.77. The Kier molecular flexibility index (Phi) is 8.58. The van der Waals surface area contributed by atoms with Crippen molar-refractivity contribution in [2.75, 3.05) is 13.2 Å². The van der Waals surface area contributed by atoms with Gasteiger partial charge in [-0.15, -0.1) is 6.58 Å². The van der Waals surface area contributed by atoms with Crippen LogP contribution in [0.1, 0.15) is 53.4 Å². The molecule has 0 radical (unpaired) electrons. The first-order valence-electron chi connectivity index (χ1n) is 6.56. The van der Waals surface area contributed by atoms with Gasteiger partial charge >= 0.3 is 0 Å². The van der Waals surface area contributed by atoms with Crippen molar-refractivity contribution in [2.24, 2.45) is 0 Å². The molecule has 16 heavy (non-hydrogen) atoms. The maximum atomic E-state index is 5.83. The van der Waals surface area contributed by atoms with E-state index in [0.717, 1.165) is 26.0 Å². The molecule has 0 fully saturated rings. The molecule has 0 amide bonds. The molecule has 0 saturated carbocycles. The monoisotopic (exact) mass is 227 g/mol. The fraction of sp³-hybridized carbons (Fsp3) is 0.857. The molecule has 0 aromatic heterocycles. The van der Waals surface area contributed by atoms with Crippen molar-refractivity contribution in [2.45, 2.75) is 65.0 Å². The van der Waals surface area contributed by atoms with Crippen LogP contribution in [0.4, 0.5) is 0 Å². The minimum atomic E-state index is -0.0783. The average Bonchev–Trinajstić information content (AvgIpc) is 2.22. The molecule has 0 aromatic carbocycles. The van der Waals surface area contributed by atoms with Crippen molar-refractivity contribution in [3.05, 3.63) is 12.7 Å². The highest BCUT2D eigenvalue weighted by molar-refractivity contribution is 4.86. The Morgan fingerprint density at radius 3 is 2.56 bits per heavy atom. The molecule has 0 spiro atoms. The lowest BCUT2D eigenvalue weighted by Crippen LogP contribution is -2.48. The van der Waals surface area contributed by atoms with Gasteiger partial charge in [-0.3, -0.25) is 0 Å². The molecule has 2 nitrogen and oxygen atoms in total. The molecule has 1 atom stereocenters. The predicted octanol–water partition coefficient (Wildman–Crippen LogP) is 3.53. The Morgan fingerprint density at radius 2 is 2.06 bits per heavy atom. The summed E-state index contributed by atoms with van der Waals surface area (Å²) < 4.78 is 5.83. The summed E-state index contributed by atoms with van der Waals surface area (Å²) in [5.74, 6) is 0. The Balaban J connectivity index is 4.20. The summed E-state index contributed by atoms with van der Waals surface area (Å²) in [6.45, 7) is 14.2. The number of nitrogens with one attached hydrogen (secondary N) is 1. The summed E-state index contributed by atoms with van der Waals surface area (Å²) in [7, 11) is 0. The van der Waals surface area contributed by atoms with Gasteiger partial charge in [-0.25, -0.2) is 0 Å². The number of hydrogen-bond acceptors (Lipinski definition) is 2. The SMILES string of the molecule is C=CCCCC(NCCC)C(C)(C)OCC. The normalized spacial score (nSPS) is 13.8. The summed E-state index contributed by atoms with van der Waals surface area (Å²) in [5, 5.41) is 3.59. The van der Waals surface area contributed by atoms with Crippen LogP contribution in [0.3, 0.4) is 0 Å². The fourth-order valence-corrected chi connectivity index (χ4v) is 1.95. The minimum absolute atomic E-state index is 0.0783. The van der Waals surface area contributed by atoms with Crippen LogP contribution < -0.4 is 5.32 Å². The zero-order chi connectivity index (χ0) is 12.4. The van der Waals surface area contributed by atoms with E-state index in [1.807, 2.05) is 6.08 Å². The average molecular weight is 227 g/mol. The molecule has 0 heterocycles. The lowest BCUT2D eigenvalue weighted by Gasteiger charge is -2.35. The lowest BCUT2D eigenvalue weighted by molar-refractivity contribution is -0.0403. The number of rotatable bonds is 10. The molecule has 1 unspecified atom stereocenters. The van der Waals surface area contributed by atoms with Gasteiger partial charge in [-0.05, 0) is 53.0 Å². The third-order valence-corrected chi connectivity index (χ3v) is 2.90. The zero-order valence-electron chi connectivity index (χ0n) is 11.5. The standard InChI is InChI=1S/C14H29NO/c1-6-9-10-11-13(15-12-7-2)14(4,5)16-8-3/h6,13,15H,1,7-12H2,2-5H3. The van der Waals surface area contributed by atoms with E-state index in [1.165, 1.54) is 12.8 Å². The van der Waals surface area contributed by atoms with Gasteiger partial charge in [0.05, 0.1) is 5.60 Å². The largest absolute Gasteiger partial charge is 0.374 e. The second-order valence-corrected chi connectivity index (χ2v) is 4.76. The lowest BCUT2D eigenvalue weighted by atomic mass is 9.93. The van der Waals surface area contributed by atoms with Crippen molar-refractivity contribution >= 4 is 0 Å². The molecule has 0 bridgehead atoms. The molecule has 0 rings (SSSR count). The van der Waals surface area contributed by atoms with Crippen molar-refractivity contribution in [3.8, 4) is 0 Å². The van der Waals surface area contributed by atoms with Gasteiger partial charge in [0.15, 0.2) is 0 Å². The summed E-state index contributed by atoms with van der Waals surface area (Å²) in [6.07, 6.45) is 6.58. The molecule has 2 heteroatoms. The van der Waals surface area contributed by atoms with E-state index >= 15 is 0 Å². The van der Waals surface area contributed by atoms with Gasteiger partial charge in [-0.1, -0.05) is 13.0 Å². The summed E-state index contributed by atoms with van der Waals surface area (Å²) in [5.41, 5.74) is -0.0783. The molecule has 0 aliphatic rings. The molecule has 1 N–H and O–H groups in total. The first kappa shape index (κ1) is 15.7. The van der Waals surface area contributed by atoms with Gasteiger partial charge in [-0.2, -0.15) is 0 Å². The highest BCUT2D eigenvalue weighted by Gasteiger charge is 2.28. The first-order valence-corrected chi connectivity index (χ1v) is 6.56. The summed E-state index contributed by atoms with van der Waals surface area (Å²) in [4.78, 5) is 0. The van der Waals surface area contributed by atoms with Crippen LogP contribution in [-0.2, 0) is 4.74 Å². The molecule has 0 aliphatic carbocycles. The molecular weight excluding hydrogens is 198 g/mol. The van der Waals surface area contributed by atoms with Gasteiger partial charge in [0.1, 0.15) is 0 Å². The number of allylic oxidation sites excluding steroid dienone is 1. The Morgan fingerprint density at radius 1 is 1.38 bits per heavy atom. The Bertz CT molecular complexity index is 178. The van der Waals surface area contributed by atoms with E-state index in [0.29, 0.717) is 6.04 Å². The maximum Gasteiger partial charge on any atom is 0.0778 e. The van der Waals surface area contributed by atoms with Gasteiger partial charge < -0.3 is 10.1 Å². The van der Waals surface area contributed by atoms with E-state index in [-0.39, 0.29) is 5.60 Å². The third-order valence-electron chi connectivity index (χ3n) is 2.90. The molecule has 0 saturated heterocycles. The molecular formula is C14H29NO. The number of unbranched alkanes of at least 4 members (excludes halogenated alkanes) is 1. The quantitative estimate of drug-likeness (QED) is 0.455. The van der Waals surface area contributed by atoms with E-state index < -0.39 is 0 Å². The third kappa shape index (κ3) is 6.29. The number of hydrogen-bond donors (Lipinski definition) is 1. The van der Waals surface area contributed by atoms with E-state index in [9.17, 15) is 0 Å². The zero-order valence-corrected chi connectivity index (χ0v) is 11.5. The van der Waals surface area contributed by atoms with Crippen molar-refractivity contribution in [1.82, 2.24) is 5.32 Å². The van der Waals surface area contributed by atoms with Crippen LogP contribution in [0.15, 0.2) is 12.7 Å². The van der Waals surface area contributed by atoms with Crippen LogP contribution in [0.25, 0.3) is 0 Å². The maximum absolute atomic E-state index is 5.83. The van der Waals surface area contributed by atoms with E-state index in [2.05, 4.69) is 39.6 Å². The van der Waals surface area contributed by atoms with E-state index in [4.69, 9.17) is 4.74 Å². The summed E-state index contributed by atoms with van der Waals surface area (Å²) in [6, 6.07) is 0.437. The second-order valence-electron chi connectivity index (χ2n) is 4.76. The van der Waals surface area contributed by atoms with Gasteiger partial charge in [0.25, 0.3) is 0 Å². The van der Waals surface area contributed by atoms with Crippen LogP contribution in [0, 0.1) is 0 Å². The van der Waals surface area contributed by atoms with Crippen molar-refractivity contribution < 1.29 is 4.74 Å². The van der Waals surface area contributed by atoms with Gasteiger partial charge in [0.2, 0.25) is 0 Å². The Labute approximate surface area is 101 Å². The van der Waals surface area contributed by atoms with Crippen LogP contribution in [0.5, 0.6) is 0 Å². The van der Waals surface area contributed by atoms with Crippen LogP contribution in [-0.4, -0.2) is 24.8 Å². The molecule has 0 aromatic rings. The van der Waals surface area contributed by atoms with Gasteiger partial charge in [0, 0.05) is 12.6 Å². The topological polar surface area (TPSA) is 21.3 Å². The highest BCUT2D eigenvalue weighted by atomic mass is 16.5. The van der Waals surface area contributed by atoms with Crippen LogP contribution >= 0.6 is 0 Å². The minimum Gasteiger partial charge on any atom is -0.374 e. The Hall–Kier alpha value is -0.340. The van der Waals surface area contributed by atoms with Crippen molar-refractivity contribution in [3.63, 3.8) is 0 Å². The van der Waals surface area contributed by atoms with E-state index in [1.54, 1.807) is 0 Å².